The molecule has 98 valence electrons. The summed E-state index contributed by atoms with van der Waals surface area (Å²) >= 11 is 0. The molecule has 3 heteroatoms. The van der Waals surface area contributed by atoms with Crippen molar-refractivity contribution >= 4 is 5.69 Å². The van der Waals surface area contributed by atoms with E-state index in [1.165, 1.54) is 11.3 Å². The number of nitrogens with two attached hydrogens (primary N) is 1. The van der Waals surface area contributed by atoms with Gasteiger partial charge in [-0.3, -0.25) is 0 Å². The minimum atomic E-state index is 0.509. The lowest BCUT2D eigenvalue weighted by Crippen LogP contribution is -2.30. The molecule has 0 saturated heterocycles. The van der Waals surface area contributed by atoms with Crippen LogP contribution in [-0.4, -0.2) is 19.6 Å². The molecule has 0 aromatic heterocycles. The van der Waals surface area contributed by atoms with Crippen molar-refractivity contribution < 1.29 is 0 Å². The predicted molar refractivity (Wildman–Crippen MR) is 77.5 cm³/mol. The minimum Gasteiger partial charge on any atom is -0.386 e. The maximum atomic E-state index is 5.76. The van der Waals surface area contributed by atoms with Crippen molar-refractivity contribution in [1.82, 2.24) is 5.32 Å². The van der Waals surface area contributed by atoms with E-state index >= 15 is 0 Å². The van der Waals surface area contributed by atoms with E-state index in [1.807, 2.05) is 0 Å². The van der Waals surface area contributed by atoms with Crippen LogP contribution in [0.4, 0.5) is 5.69 Å². The Kier molecular flexibility index (Phi) is 4.13. The first-order valence-corrected chi connectivity index (χ1v) is 6.78. The van der Waals surface area contributed by atoms with Gasteiger partial charge in [0.15, 0.2) is 0 Å². The van der Waals surface area contributed by atoms with E-state index in [9.17, 15) is 0 Å². The van der Waals surface area contributed by atoms with Gasteiger partial charge in [0.25, 0.3) is 0 Å². The highest BCUT2D eigenvalue weighted by Crippen LogP contribution is 2.19. The Hall–Kier alpha value is -1.64. The topological polar surface area (TPSA) is 41.3 Å². The summed E-state index contributed by atoms with van der Waals surface area (Å²) in [6, 6.07) is 8.82. The molecule has 0 saturated carbocycles. The Balaban J connectivity index is 2.07. The molecule has 1 aromatic carbocycles. The van der Waals surface area contributed by atoms with Crippen molar-refractivity contribution in [3.05, 3.63) is 41.7 Å². The highest BCUT2D eigenvalue weighted by molar-refractivity contribution is 5.48. The van der Waals surface area contributed by atoms with E-state index < -0.39 is 0 Å². The molecule has 1 atom stereocenters. The van der Waals surface area contributed by atoms with Crippen molar-refractivity contribution in [2.75, 3.05) is 24.5 Å². The number of nitrogens with zero attached hydrogens (tertiary/aromatic N) is 1. The summed E-state index contributed by atoms with van der Waals surface area (Å²) in [5.74, 6) is 1.33. The number of hydrogen-bond acceptors (Lipinski definition) is 3. The summed E-state index contributed by atoms with van der Waals surface area (Å²) < 4.78 is 0. The number of rotatable bonds is 5. The first-order valence-electron chi connectivity index (χ1n) is 6.78. The fraction of sp³-hybridized carbons (Fsp3) is 0.467. The van der Waals surface area contributed by atoms with Crippen LogP contribution < -0.4 is 16.0 Å². The van der Waals surface area contributed by atoms with E-state index in [0.29, 0.717) is 5.92 Å². The van der Waals surface area contributed by atoms with Crippen molar-refractivity contribution in [1.29, 1.82) is 0 Å². The van der Waals surface area contributed by atoms with Crippen LogP contribution in [0.2, 0.25) is 0 Å². The zero-order valence-electron chi connectivity index (χ0n) is 11.3. The summed E-state index contributed by atoms with van der Waals surface area (Å²) in [4.78, 5) is 2.42. The lowest BCUT2D eigenvalue weighted by Gasteiger charge is -2.26. The highest BCUT2D eigenvalue weighted by Gasteiger charge is 2.16. The van der Waals surface area contributed by atoms with E-state index in [1.54, 1.807) is 0 Å². The first-order chi connectivity index (χ1) is 8.72. The largest absolute Gasteiger partial charge is 0.386 e. The van der Waals surface area contributed by atoms with Crippen LogP contribution in [0.15, 0.2) is 36.2 Å². The van der Waals surface area contributed by atoms with Crippen molar-refractivity contribution in [3.8, 4) is 0 Å². The van der Waals surface area contributed by atoms with Crippen LogP contribution in [-0.2, 0) is 6.42 Å². The number of aryl methyl sites for hydroxylation is 1. The molecule has 0 fully saturated rings. The zero-order valence-corrected chi connectivity index (χ0v) is 11.3. The smallest absolute Gasteiger partial charge is 0.0923 e. The summed E-state index contributed by atoms with van der Waals surface area (Å²) in [6.07, 6.45) is 3.22. The van der Waals surface area contributed by atoms with Gasteiger partial charge in [-0.25, -0.2) is 0 Å². The Morgan fingerprint density at radius 2 is 2.22 bits per heavy atom. The lowest BCUT2D eigenvalue weighted by molar-refractivity contribution is 0.623. The number of benzene rings is 1. The zero-order chi connectivity index (χ0) is 13.0. The summed E-state index contributed by atoms with van der Waals surface area (Å²) in [5, 5.41) is 3.19. The van der Waals surface area contributed by atoms with Crippen LogP contribution in [0.25, 0.3) is 0 Å². The molecule has 2 rings (SSSR count). The van der Waals surface area contributed by atoms with Gasteiger partial charge in [0.05, 0.1) is 5.82 Å². The van der Waals surface area contributed by atoms with Crippen molar-refractivity contribution in [2.24, 2.45) is 11.7 Å². The summed E-state index contributed by atoms with van der Waals surface area (Å²) in [5.41, 5.74) is 8.47. The molecule has 0 unspecified atom stereocenters. The normalized spacial score (nSPS) is 18.3. The van der Waals surface area contributed by atoms with E-state index in [0.717, 1.165) is 31.9 Å². The molecule has 0 bridgehead atoms. The molecule has 0 spiro atoms. The molecule has 18 heavy (non-hydrogen) atoms. The van der Waals surface area contributed by atoms with Gasteiger partial charge in [0, 0.05) is 31.2 Å². The second-order valence-electron chi connectivity index (χ2n) is 4.83. The SMILES string of the molecule is CCc1cccc(N(CC)C[C@H]2C=C(N)NC2)c1. The fourth-order valence-electron chi connectivity index (χ4n) is 2.41. The monoisotopic (exact) mass is 245 g/mol. The maximum absolute atomic E-state index is 5.76. The molecule has 3 N–H and O–H groups in total. The standard InChI is InChI=1S/C15H23N3/c1-3-12-6-5-7-14(8-12)18(4-2)11-13-9-15(16)17-10-13/h5-9,13,17H,3-4,10-11,16H2,1-2H3/t13-/m0/s1. The molecule has 1 aliphatic rings. The summed E-state index contributed by atoms with van der Waals surface area (Å²) in [7, 11) is 0. The molecular weight excluding hydrogens is 222 g/mol. The molecule has 3 nitrogen and oxygen atoms in total. The molecule has 0 aliphatic carbocycles. The number of nitrogens with one attached hydrogen (secondary N) is 1. The fourth-order valence-corrected chi connectivity index (χ4v) is 2.41. The molecule has 1 aromatic rings. The van der Waals surface area contributed by atoms with Gasteiger partial charge in [-0.05, 0) is 37.1 Å². The quantitative estimate of drug-likeness (QED) is 0.834. The van der Waals surface area contributed by atoms with Gasteiger partial charge in [0.1, 0.15) is 0 Å². The average molecular weight is 245 g/mol. The molecule has 1 heterocycles. The molecule has 0 amide bonds. The third-order valence-electron chi connectivity index (χ3n) is 3.50. The van der Waals surface area contributed by atoms with Gasteiger partial charge >= 0.3 is 0 Å². The van der Waals surface area contributed by atoms with E-state index in [4.69, 9.17) is 5.73 Å². The Morgan fingerprint density at radius 1 is 1.39 bits per heavy atom. The minimum absolute atomic E-state index is 0.509. The Bertz CT molecular complexity index is 426. The van der Waals surface area contributed by atoms with Crippen LogP contribution in [0.3, 0.4) is 0 Å². The Morgan fingerprint density at radius 3 is 2.83 bits per heavy atom. The van der Waals surface area contributed by atoms with Crippen LogP contribution >= 0.6 is 0 Å². The third kappa shape index (κ3) is 2.97. The van der Waals surface area contributed by atoms with E-state index in [-0.39, 0.29) is 0 Å². The summed E-state index contributed by atoms with van der Waals surface area (Å²) in [6.45, 7) is 7.40. The Labute approximate surface area is 110 Å². The van der Waals surface area contributed by atoms with E-state index in [2.05, 4.69) is 54.4 Å². The van der Waals surface area contributed by atoms with Gasteiger partial charge in [-0.2, -0.15) is 0 Å². The van der Waals surface area contributed by atoms with Crippen molar-refractivity contribution in [3.63, 3.8) is 0 Å². The second-order valence-corrected chi connectivity index (χ2v) is 4.83. The van der Waals surface area contributed by atoms with Gasteiger partial charge in [-0.15, -0.1) is 0 Å². The maximum Gasteiger partial charge on any atom is 0.0923 e. The van der Waals surface area contributed by atoms with Crippen LogP contribution in [0.5, 0.6) is 0 Å². The third-order valence-corrected chi connectivity index (χ3v) is 3.50. The highest BCUT2D eigenvalue weighted by atomic mass is 15.1. The second kappa shape index (κ2) is 5.80. The molecule has 1 aliphatic heterocycles. The molecular formula is C15H23N3. The van der Waals surface area contributed by atoms with Crippen LogP contribution in [0.1, 0.15) is 19.4 Å². The number of hydrogen-bond donors (Lipinski definition) is 2. The number of anilines is 1. The van der Waals surface area contributed by atoms with Gasteiger partial charge < -0.3 is 16.0 Å². The van der Waals surface area contributed by atoms with Crippen molar-refractivity contribution in [2.45, 2.75) is 20.3 Å². The average Bonchev–Trinajstić information content (AvgIpc) is 2.81. The van der Waals surface area contributed by atoms with Crippen LogP contribution in [0, 0.1) is 5.92 Å². The van der Waals surface area contributed by atoms with Gasteiger partial charge in [0.2, 0.25) is 0 Å². The lowest BCUT2D eigenvalue weighted by atomic mass is 10.1. The van der Waals surface area contributed by atoms with Gasteiger partial charge in [-0.1, -0.05) is 19.1 Å². The first kappa shape index (κ1) is 12.8. The predicted octanol–water partition coefficient (Wildman–Crippen LogP) is 2.09. The molecule has 0 radical (unpaired) electrons.